The molecular formula is C21H19FN2O2S2. The van der Waals surface area contributed by atoms with Crippen molar-refractivity contribution < 1.29 is 14.0 Å². The maximum Gasteiger partial charge on any atom is 0.265 e. The molecule has 0 spiro atoms. The maximum atomic E-state index is 13.5. The van der Waals surface area contributed by atoms with Gasteiger partial charge in [-0.1, -0.05) is 24.3 Å². The van der Waals surface area contributed by atoms with Crippen molar-refractivity contribution in [3.05, 3.63) is 87.9 Å². The molecule has 2 aromatic carbocycles. The molecule has 3 rings (SSSR count). The Labute approximate surface area is 171 Å². The van der Waals surface area contributed by atoms with E-state index >= 15 is 0 Å². The Morgan fingerprint density at radius 3 is 2.46 bits per heavy atom. The average molecular weight is 415 g/mol. The smallest absolute Gasteiger partial charge is 0.265 e. The van der Waals surface area contributed by atoms with Crippen molar-refractivity contribution in [2.24, 2.45) is 0 Å². The fraction of sp³-hybridized carbons (Fsp3) is 0.143. The molecule has 144 valence electrons. The first-order valence-electron chi connectivity index (χ1n) is 8.68. The number of benzene rings is 2. The van der Waals surface area contributed by atoms with Crippen molar-refractivity contribution in [3.63, 3.8) is 0 Å². The Hall–Kier alpha value is -2.64. The van der Waals surface area contributed by atoms with E-state index < -0.39 is 0 Å². The largest absolute Gasteiger partial charge is 0.351 e. The summed E-state index contributed by atoms with van der Waals surface area (Å²) in [7, 11) is 0. The van der Waals surface area contributed by atoms with Gasteiger partial charge in [0.1, 0.15) is 5.82 Å². The second-order valence-electron chi connectivity index (χ2n) is 5.91. The summed E-state index contributed by atoms with van der Waals surface area (Å²) in [6, 6.07) is 17.0. The fourth-order valence-electron chi connectivity index (χ4n) is 2.44. The molecule has 1 aromatic heterocycles. The fourth-order valence-corrected chi connectivity index (χ4v) is 3.91. The van der Waals surface area contributed by atoms with Gasteiger partial charge in [-0.2, -0.15) is 11.8 Å². The minimum Gasteiger partial charge on any atom is -0.351 e. The summed E-state index contributed by atoms with van der Waals surface area (Å²) >= 11 is 2.94. The minimum atomic E-state index is -0.203. The van der Waals surface area contributed by atoms with Crippen molar-refractivity contribution >= 4 is 40.6 Å². The molecule has 2 amide bonds. The van der Waals surface area contributed by atoms with Crippen LogP contribution in [0.5, 0.6) is 0 Å². The Bertz CT molecular complexity index is 928. The van der Waals surface area contributed by atoms with Gasteiger partial charge in [-0.3, -0.25) is 9.59 Å². The van der Waals surface area contributed by atoms with Crippen LogP contribution in [0.15, 0.2) is 66.0 Å². The summed E-state index contributed by atoms with van der Waals surface area (Å²) in [5, 5.41) is 7.48. The molecule has 0 fully saturated rings. The van der Waals surface area contributed by atoms with Gasteiger partial charge in [0.05, 0.1) is 4.88 Å². The second kappa shape index (κ2) is 10.1. The summed E-state index contributed by atoms with van der Waals surface area (Å²) in [5.41, 5.74) is 1.82. The minimum absolute atomic E-state index is 0.168. The molecular weight excluding hydrogens is 395 g/mol. The zero-order valence-corrected chi connectivity index (χ0v) is 16.6. The van der Waals surface area contributed by atoms with Crippen molar-refractivity contribution in [1.29, 1.82) is 0 Å². The van der Waals surface area contributed by atoms with Crippen LogP contribution in [-0.2, 0) is 5.75 Å². The number of hydrogen-bond donors (Lipinski definition) is 2. The standard InChI is InChI=1S/C21H19FN2O2S2/c22-18-5-2-1-4-16(18)14-27-13-11-23-20(25)15-7-9-17(10-8-15)24-21(26)19-6-3-12-28-19/h1-10,12H,11,13-14H2,(H,23,25)(H,24,26). The molecule has 0 atom stereocenters. The van der Waals surface area contributed by atoms with Gasteiger partial charge >= 0.3 is 0 Å². The number of thiophene rings is 1. The van der Waals surface area contributed by atoms with Crippen LogP contribution in [0.25, 0.3) is 0 Å². The van der Waals surface area contributed by atoms with E-state index in [1.165, 1.54) is 17.4 Å². The first kappa shape index (κ1) is 20.1. The summed E-state index contributed by atoms with van der Waals surface area (Å²) in [6.45, 7) is 0.495. The predicted octanol–water partition coefficient (Wildman–Crippen LogP) is 4.80. The molecule has 1 heterocycles. The lowest BCUT2D eigenvalue weighted by Gasteiger charge is -2.07. The molecule has 4 nitrogen and oxygen atoms in total. The van der Waals surface area contributed by atoms with E-state index in [0.717, 1.165) is 0 Å². The first-order valence-corrected chi connectivity index (χ1v) is 10.7. The van der Waals surface area contributed by atoms with Crippen LogP contribution in [0.3, 0.4) is 0 Å². The van der Waals surface area contributed by atoms with Crippen LogP contribution in [-0.4, -0.2) is 24.1 Å². The topological polar surface area (TPSA) is 58.2 Å². The molecule has 7 heteroatoms. The lowest BCUT2D eigenvalue weighted by atomic mass is 10.2. The van der Waals surface area contributed by atoms with Crippen LogP contribution in [0.1, 0.15) is 25.6 Å². The highest BCUT2D eigenvalue weighted by Gasteiger charge is 2.09. The van der Waals surface area contributed by atoms with E-state index in [1.807, 2.05) is 17.5 Å². The second-order valence-corrected chi connectivity index (χ2v) is 7.96. The summed E-state index contributed by atoms with van der Waals surface area (Å²) in [5.74, 6) is 0.711. The summed E-state index contributed by atoms with van der Waals surface area (Å²) in [4.78, 5) is 24.8. The molecule has 0 aliphatic carbocycles. The van der Waals surface area contributed by atoms with E-state index in [-0.39, 0.29) is 17.6 Å². The van der Waals surface area contributed by atoms with Gasteiger partial charge in [0.2, 0.25) is 0 Å². The molecule has 2 N–H and O–H groups in total. The van der Waals surface area contributed by atoms with Crippen molar-refractivity contribution in [3.8, 4) is 0 Å². The van der Waals surface area contributed by atoms with Gasteiger partial charge in [-0.25, -0.2) is 4.39 Å². The Kier molecular flexibility index (Phi) is 7.22. The average Bonchev–Trinajstić information content (AvgIpc) is 3.24. The first-order chi connectivity index (χ1) is 13.6. The number of thioether (sulfide) groups is 1. The highest BCUT2D eigenvalue weighted by molar-refractivity contribution is 7.98. The SMILES string of the molecule is O=C(NCCSCc1ccccc1F)c1ccc(NC(=O)c2cccs2)cc1. The third-order valence-electron chi connectivity index (χ3n) is 3.90. The molecule has 0 aliphatic heterocycles. The van der Waals surface area contributed by atoms with E-state index in [2.05, 4.69) is 10.6 Å². The number of nitrogens with one attached hydrogen (secondary N) is 2. The Morgan fingerprint density at radius 1 is 0.964 bits per heavy atom. The molecule has 0 saturated carbocycles. The van der Waals surface area contributed by atoms with Crippen LogP contribution in [0.4, 0.5) is 10.1 Å². The number of anilines is 1. The summed E-state index contributed by atoms with van der Waals surface area (Å²) in [6.07, 6.45) is 0. The normalized spacial score (nSPS) is 10.5. The van der Waals surface area contributed by atoms with Crippen molar-refractivity contribution in [2.45, 2.75) is 5.75 Å². The quantitative estimate of drug-likeness (QED) is 0.521. The molecule has 0 unspecified atom stereocenters. The van der Waals surface area contributed by atoms with Crippen LogP contribution in [0.2, 0.25) is 0 Å². The number of rotatable bonds is 8. The molecule has 28 heavy (non-hydrogen) atoms. The van der Waals surface area contributed by atoms with Crippen molar-refractivity contribution in [1.82, 2.24) is 5.32 Å². The third-order valence-corrected chi connectivity index (χ3v) is 5.77. The highest BCUT2D eigenvalue weighted by atomic mass is 32.2. The molecule has 0 saturated heterocycles. The van der Waals surface area contributed by atoms with Gasteiger partial charge in [-0.15, -0.1) is 11.3 Å². The van der Waals surface area contributed by atoms with Gasteiger partial charge < -0.3 is 10.6 Å². The zero-order chi connectivity index (χ0) is 19.8. The van der Waals surface area contributed by atoms with Crippen molar-refractivity contribution in [2.75, 3.05) is 17.6 Å². The van der Waals surface area contributed by atoms with E-state index in [4.69, 9.17) is 0 Å². The Balaban J connectivity index is 1.41. The molecule has 0 aliphatic rings. The van der Waals surface area contributed by atoms with Crippen LogP contribution >= 0.6 is 23.1 Å². The summed E-state index contributed by atoms with van der Waals surface area (Å²) < 4.78 is 13.5. The lowest BCUT2D eigenvalue weighted by Crippen LogP contribution is -2.25. The van der Waals surface area contributed by atoms with Gasteiger partial charge in [0.15, 0.2) is 0 Å². The van der Waals surface area contributed by atoms with Gasteiger partial charge in [0, 0.05) is 29.3 Å². The van der Waals surface area contributed by atoms with E-state index in [9.17, 15) is 14.0 Å². The highest BCUT2D eigenvalue weighted by Crippen LogP contribution is 2.16. The molecule has 0 bridgehead atoms. The number of halogens is 1. The van der Waals surface area contributed by atoms with E-state index in [0.29, 0.717) is 39.7 Å². The lowest BCUT2D eigenvalue weighted by molar-refractivity contribution is 0.0955. The maximum absolute atomic E-state index is 13.5. The molecule has 3 aromatic rings. The third kappa shape index (κ3) is 5.68. The van der Waals surface area contributed by atoms with E-state index in [1.54, 1.807) is 54.2 Å². The number of carbonyl (C=O) groups excluding carboxylic acids is 2. The monoisotopic (exact) mass is 414 g/mol. The number of hydrogen-bond acceptors (Lipinski definition) is 4. The molecule has 0 radical (unpaired) electrons. The predicted molar refractivity (Wildman–Crippen MR) is 114 cm³/mol. The zero-order valence-electron chi connectivity index (χ0n) is 15.0. The Morgan fingerprint density at radius 2 is 1.75 bits per heavy atom. The number of carbonyl (C=O) groups is 2. The van der Waals surface area contributed by atoms with Gasteiger partial charge in [-0.05, 0) is 47.3 Å². The van der Waals surface area contributed by atoms with Crippen LogP contribution < -0.4 is 10.6 Å². The number of amides is 2. The van der Waals surface area contributed by atoms with Crippen LogP contribution in [0, 0.1) is 5.82 Å². The van der Waals surface area contributed by atoms with Gasteiger partial charge in [0.25, 0.3) is 11.8 Å².